The molecule has 178 valence electrons. The standard InChI is InChI=1S/C22H17Cl2F2N5O.CH4O/c1-11-21-28-20(22(32)30-9-2-3-10-30)29-31(21)15-8-7-12(23)18(24)17(15)19(27-11)16-13(25)5-4-6-14(16)26;1-2/h4-8,11H,2-3,9-10H2,1H3;2H,1H3/t11-;/m0./s1. The van der Waals surface area contributed by atoms with E-state index >= 15 is 0 Å². The van der Waals surface area contributed by atoms with E-state index in [-0.39, 0.29) is 38.6 Å². The van der Waals surface area contributed by atoms with Crippen molar-refractivity contribution in [3.05, 3.63) is 74.8 Å². The van der Waals surface area contributed by atoms with Gasteiger partial charge in [0.15, 0.2) is 5.82 Å². The first-order valence-electron chi connectivity index (χ1n) is 10.6. The van der Waals surface area contributed by atoms with E-state index in [1.165, 1.54) is 10.7 Å². The number of carbonyl (C=O) groups excluding carboxylic acids is 1. The van der Waals surface area contributed by atoms with Crippen LogP contribution in [0.3, 0.4) is 0 Å². The number of aliphatic hydroxyl groups excluding tert-OH is 1. The van der Waals surface area contributed by atoms with Crippen LogP contribution >= 0.6 is 23.2 Å². The van der Waals surface area contributed by atoms with Gasteiger partial charge in [0.2, 0.25) is 5.82 Å². The summed E-state index contributed by atoms with van der Waals surface area (Å²) in [6.45, 7) is 3.03. The Balaban J connectivity index is 0.00000133. The maximum atomic E-state index is 14.7. The number of aliphatic imine (C=N–C) groups is 1. The molecule has 3 heterocycles. The number of amides is 1. The number of fused-ring (bicyclic) bond motifs is 3. The van der Waals surface area contributed by atoms with Crippen LogP contribution in [0.15, 0.2) is 35.3 Å². The van der Waals surface area contributed by atoms with Crippen molar-refractivity contribution in [2.24, 2.45) is 4.99 Å². The summed E-state index contributed by atoms with van der Waals surface area (Å²) >= 11 is 12.8. The minimum absolute atomic E-state index is 0.00956. The Morgan fingerprint density at radius 3 is 2.35 bits per heavy atom. The molecular formula is C23H21Cl2F2N5O2. The molecule has 1 N–H and O–H groups in total. The zero-order chi connectivity index (χ0) is 24.6. The van der Waals surface area contributed by atoms with E-state index in [0.29, 0.717) is 24.6 Å². The van der Waals surface area contributed by atoms with Crippen molar-refractivity contribution in [3.8, 4) is 5.69 Å². The summed E-state index contributed by atoms with van der Waals surface area (Å²) in [6, 6.07) is 6.09. The van der Waals surface area contributed by atoms with Crippen molar-refractivity contribution in [1.82, 2.24) is 19.7 Å². The molecule has 0 spiro atoms. The second-order valence-corrected chi connectivity index (χ2v) is 8.50. The molecule has 0 radical (unpaired) electrons. The maximum absolute atomic E-state index is 14.7. The molecule has 7 nitrogen and oxygen atoms in total. The summed E-state index contributed by atoms with van der Waals surface area (Å²) in [6.07, 6.45) is 1.88. The molecule has 1 atom stereocenters. The van der Waals surface area contributed by atoms with Gasteiger partial charge in [-0.2, -0.15) is 0 Å². The number of likely N-dealkylation sites (tertiary alicyclic amines) is 1. The predicted molar refractivity (Wildman–Crippen MR) is 125 cm³/mol. The van der Waals surface area contributed by atoms with E-state index in [0.717, 1.165) is 32.1 Å². The maximum Gasteiger partial charge on any atom is 0.293 e. The van der Waals surface area contributed by atoms with Crippen LogP contribution in [0, 0.1) is 11.6 Å². The first kappa shape index (κ1) is 24.3. The van der Waals surface area contributed by atoms with Crippen LogP contribution in [-0.2, 0) is 0 Å². The van der Waals surface area contributed by atoms with E-state index in [2.05, 4.69) is 15.1 Å². The normalized spacial score (nSPS) is 16.7. The third-order valence-electron chi connectivity index (χ3n) is 5.65. The molecule has 2 aliphatic heterocycles. The first-order chi connectivity index (χ1) is 16.4. The monoisotopic (exact) mass is 507 g/mol. The number of halogens is 4. The van der Waals surface area contributed by atoms with E-state index in [4.69, 9.17) is 28.3 Å². The van der Waals surface area contributed by atoms with E-state index in [1.807, 2.05) is 0 Å². The minimum Gasteiger partial charge on any atom is -0.400 e. The lowest BCUT2D eigenvalue weighted by Gasteiger charge is -2.15. The van der Waals surface area contributed by atoms with E-state index in [1.54, 1.807) is 24.0 Å². The summed E-state index contributed by atoms with van der Waals surface area (Å²) in [7, 11) is 1.00. The summed E-state index contributed by atoms with van der Waals surface area (Å²) in [5.74, 6) is -1.42. The second kappa shape index (κ2) is 9.77. The Morgan fingerprint density at radius 1 is 1.06 bits per heavy atom. The zero-order valence-electron chi connectivity index (χ0n) is 18.4. The summed E-state index contributed by atoms with van der Waals surface area (Å²) < 4.78 is 30.9. The summed E-state index contributed by atoms with van der Waals surface area (Å²) in [5.41, 5.74) is 0.297. The molecular weight excluding hydrogens is 487 g/mol. The highest BCUT2D eigenvalue weighted by Crippen LogP contribution is 2.38. The average molecular weight is 508 g/mol. The molecule has 0 unspecified atom stereocenters. The lowest BCUT2D eigenvalue weighted by Crippen LogP contribution is -2.28. The van der Waals surface area contributed by atoms with Gasteiger partial charge < -0.3 is 10.0 Å². The molecule has 2 aromatic carbocycles. The molecule has 34 heavy (non-hydrogen) atoms. The van der Waals surface area contributed by atoms with Crippen LogP contribution in [0.25, 0.3) is 5.69 Å². The second-order valence-electron chi connectivity index (χ2n) is 7.71. The lowest BCUT2D eigenvalue weighted by molar-refractivity contribution is 0.0780. The molecule has 1 aromatic heterocycles. The Bertz CT molecular complexity index is 1270. The fourth-order valence-corrected chi connectivity index (χ4v) is 4.50. The van der Waals surface area contributed by atoms with Crippen LogP contribution in [-0.4, -0.2) is 56.6 Å². The van der Waals surface area contributed by atoms with Crippen molar-refractivity contribution < 1.29 is 18.7 Å². The number of aromatic nitrogens is 3. The van der Waals surface area contributed by atoms with Gasteiger partial charge in [0.05, 0.1) is 27.0 Å². The molecule has 0 saturated carbocycles. The van der Waals surface area contributed by atoms with Gasteiger partial charge in [-0.25, -0.2) is 18.4 Å². The van der Waals surface area contributed by atoms with Gasteiger partial charge >= 0.3 is 0 Å². The number of carbonyl (C=O) groups is 1. The SMILES string of the molecule is CO.C[C@@H]1N=C(c2c(F)cccc2F)c2c(ccc(Cl)c2Cl)-n2nc(C(=O)N3CCCC3)nc21. The highest BCUT2D eigenvalue weighted by Gasteiger charge is 2.33. The summed E-state index contributed by atoms with van der Waals surface area (Å²) in [4.78, 5) is 23.6. The van der Waals surface area contributed by atoms with Crippen LogP contribution < -0.4 is 0 Å². The minimum atomic E-state index is -0.782. The van der Waals surface area contributed by atoms with Gasteiger partial charge in [0.25, 0.3) is 5.91 Å². The molecule has 3 aromatic rings. The van der Waals surface area contributed by atoms with Crippen molar-refractivity contribution in [3.63, 3.8) is 0 Å². The highest BCUT2D eigenvalue weighted by atomic mass is 35.5. The number of nitrogens with zero attached hydrogens (tertiary/aromatic N) is 5. The average Bonchev–Trinajstić information content (AvgIpc) is 3.50. The van der Waals surface area contributed by atoms with Gasteiger partial charge in [-0.1, -0.05) is 29.3 Å². The smallest absolute Gasteiger partial charge is 0.293 e. The Labute approximate surface area is 204 Å². The predicted octanol–water partition coefficient (Wildman–Crippen LogP) is 4.61. The van der Waals surface area contributed by atoms with Crippen molar-refractivity contribution in [1.29, 1.82) is 0 Å². The van der Waals surface area contributed by atoms with Crippen LogP contribution in [0.2, 0.25) is 10.0 Å². The number of hydrogen-bond acceptors (Lipinski definition) is 5. The molecule has 1 fully saturated rings. The number of rotatable bonds is 2. The van der Waals surface area contributed by atoms with Crippen LogP contribution in [0.1, 0.15) is 53.4 Å². The topological polar surface area (TPSA) is 83.6 Å². The van der Waals surface area contributed by atoms with E-state index < -0.39 is 17.7 Å². The third kappa shape index (κ3) is 4.08. The lowest BCUT2D eigenvalue weighted by atomic mass is 9.99. The fourth-order valence-electron chi connectivity index (χ4n) is 4.10. The molecule has 1 saturated heterocycles. The fraction of sp³-hybridized carbons (Fsp3) is 0.304. The third-order valence-corrected chi connectivity index (χ3v) is 6.45. The van der Waals surface area contributed by atoms with Gasteiger partial charge in [-0.15, -0.1) is 5.10 Å². The van der Waals surface area contributed by atoms with Crippen molar-refractivity contribution in [2.75, 3.05) is 20.2 Å². The molecule has 5 rings (SSSR count). The zero-order valence-corrected chi connectivity index (χ0v) is 19.9. The largest absolute Gasteiger partial charge is 0.400 e. The number of benzene rings is 2. The molecule has 0 aliphatic carbocycles. The first-order valence-corrected chi connectivity index (χ1v) is 11.3. The molecule has 11 heteroatoms. The molecule has 0 bridgehead atoms. The van der Waals surface area contributed by atoms with Gasteiger partial charge in [0.1, 0.15) is 17.7 Å². The van der Waals surface area contributed by atoms with E-state index in [9.17, 15) is 13.6 Å². The summed E-state index contributed by atoms with van der Waals surface area (Å²) in [5, 5.41) is 11.7. The Kier molecular flexibility index (Phi) is 6.97. The van der Waals surface area contributed by atoms with Crippen LogP contribution in [0.4, 0.5) is 8.78 Å². The van der Waals surface area contributed by atoms with Crippen molar-refractivity contribution >= 4 is 34.8 Å². The number of hydrogen-bond donors (Lipinski definition) is 1. The Hall–Kier alpha value is -2.88. The van der Waals surface area contributed by atoms with Crippen molar-refractivity contribution in [2.45, 2.75) is 25.8 Å². The van der Waals surface area contributed by atoms with Crippen LogP contribution in [0.5, 0.6) is 0 Å². The Morgan fingerprint density at radius 2 is 1.71 bits per heavy atom. The van der Waals surface area contributed by atoms with Gasteiger partial charge in [0, 0.05) is 25.8 Å². The highest BCUT2D eigenvalue weighted by molar-refractivity contribution is 6.45. The molecule has 2 aliphatic rings. The van der Waals surface area contributed by atoms with Gasteiger partial charge in [-0.05, 0) is 44.0 Å². The number of aliphatic hydroxyl groups is 1. The quantitative estimate of drug-likeness (QED) is 0.548. The van der Waals surface area contributed by atoms with Gasteiger partial charge in [-0.3, -0.25) is 9.79 Å². The molecule has 1 amide bonds.